The van der Waals surface area contributed by atoms with Crippen LogP contribution in [0.25, 0.3) is 98.8 Å². The van der Waals surface area contributed by atoms with E-state index in [9.17, 15) is 0 Å². The van der Waals surface area contributed by atoms with E-state index >= 15 is 0 Å². The lowest BCUT2D eigenvalue weighted by molar-refractivity contribution is 0.0366. The summed E-state index contributed by atoms with van der Waals surface area (Å²) in [5.41, 5.74) is 15.1. The molecule has 7 aromatic carbocycles. The van der Waals surface area contributed by atoms with Crippen LogP contribution in [-0.4, -0.2) is 127 Å². The van der Waals surface area contributed by atoms with Gasteiger partial charge in [-0.25, -0.2) is 0 Å². The largest absolute Gasteiger partial charge is 0.379 e. The van der Waals surface area contributed by atoms with Crippen LogP contribution in [0, 0.1) is 0 Å². The molecule has 6 heterocycles. The van der Waals surface area contributed by atoms with Crippen molar-refractivity contribution in [1.29, 1.82) is 0 Å². The van der Waals surface area contributed by atoms with Crippen LogP contribution in [0.5, 0.6) is 0 Å². The van der Waals surface area contributed by atoms with Crippen molar-refractivity contribution in [3.63, 3.8) is 0 Å². The second-order valence-electron chi connectivity index (χ2n) is 19.4. The summed E-state index contributed by atoms with van der Waals surface area (Å²) >= 11 is 0. The van der Waals surface area contributed by atoms with Crippen LogP contribution in [0.4, 0.5) is 0 Å². The number of para-hydroxylation sites is 3. The minimum Gasteiger partial charge on any atom is -0.379 e. The molecule has 348 valence electrons. The summed E-state index contributed by atoms with van der Waals surface area (Å²) in [5.74, 6) is 0. The van der Waals surface area contributed by atoms with Gasteiger partial charge in [0.2, 0.25) is 0 Å². The molecule has 0 atom stereocenters. The smallest absolute Gasteiger partial charge is 0.0594 e. The molecule has 3 aliphatic heterocycles. The number of morpholine rings is 3. The highest BCUT2D eigenvalue weighted by Crippen LogP contribution is 2.40. The number of hydrogen-bond acceptors (Lipinski definition) is 6. The van der Waals surface area contributed by atoms with E-state index in [0.29, 0.717) is 0 Å². The predicted octanol–water partition coefficient (Wildman–Crippen LogP) is 11.0. The van der Waals surface area contributed by atoms with Crippen LogP contribution in [0.3, 0.4) is 0 Å². The van der Waals surface area contributed by atoms with Gasteiger partial charge in [-0.1, -0.05) is 72.8 Å². The first-order valence-corrected chi connectivity index (χ1v) is 25.3. The van der Waals surface area contributed by atoms with Crippen molar-refractivity contribution >= 4 is 65.4 Å². The van der Waals surface area contributed by atoms with E-state index < -0.39 is 0 Å². The first-order chi connectivity index (χ1) is 34.2. The molecule has 69 heavy (non-hydrogen) atoms. The van der Waals surface area contributed by atoms with E-state index in [1.165, 1.54) is 98.8 Å². The van der Waals surface area contributed by atoms with Gasteiger partial charge >= 0.3 is 0 Å². The molecule has 0 radical (unpaired) electrons. The Morgan fingerprint density at radius 1 is 0.261 bits per heavy atom. The maximum Gasteiger partial charge on any atom is 0.0594 e. The van der Waals surface area contributed by atoms with Gasteiger partial charge < -0.3 is 27.9 Å². The zero-order chi connectivity index (χ0) is 45.7. The van der Waals surface area contributed by atoms with Crippen LogP contribution in [0.15, 0.2) is 146 Å². The Morgan fingerprint density at radius 3 is 0.841 bits per heavy atom. The molecule has 0 unspecified atom stereocenters. The standard InChI is InChI=1S/C60H60N6O3/c1-4-10-55-49(7-1)52-40-43(13-16-58(52)64(55)22-19-61-25-31-67-32-26-61)46-37-47(44-14-17-59-53(41-44)50-8-2-5-11-56(50)65(59)23-20-62-27-33-68-34-28-62)39-48(38-46)45-15-18-60-54(42-45)51-9-3-6-12-57(51)66(60)24-21-63-29-35-69-36-30-63/h1-18,37-42H,19-36H2. The first kappa shape index (κ1) is 42.8. The molecule has 0 spiro atoms. The second kappa shape index (κ2) is 18.6. The van der Waals surface area contributed by atoms with Gasteiger partial charge in [-0.05, 0) is 106 Å². The lowest BCUT2D eigenvalue weighted by Crippen LogP contribution is -2.38. The van der Waals surface area contributed by atoms with E-state index in [1.54, 1.807) is 0 Å². The molecule has 0 aliphatic carbocycles. The molecule has 3 aliphatic rings. The van der Waals surface area contributed by atoms with Crippen molar-refractivity contribution in [3.05, 3.63) is 146 Å². The van der Waals surface area contributed by atoms with Gasteiger partial charge in [0.1, 0.15) is 0 Å². The average molecular weight is 913 g/mol. The quantitative estimate of drug-likeness (QED) is 0.122. The molecule has 13 rings (SSSR count). The molecule has 3 saturated heterocycles. The predicted molar refractivity (Wildman–Crippen MR) is 284 cm³/mol. The van der Waals surface area contributed by atoms with Gasteiger partial charge in [0, 0.05) is 144 Å². The Kier molecular flexibility index (Phi) is 11.5. The zero-order valence-corrected chi connectivity index (χ0v) is 39.5. The maximum absolute atomic E-state index is 5.68. The molecule has 0 N–H and O–H groups in total. The number of rotatable bonds is 12. The van der Waals surface area contributed by atoms with Gasteiger partial charge in [0.15, 0.2) is 0 Å². The fourth-order valence-corrected chi connectivity index (χ4v) is 11.7. The molecular formula is C60H60N6O3. The summed E-state index contributed by atoms with van der Waals surface area (Å²) < 4.78 is 24.6. The van der Waals surface area contributed by atoms with Crippen molar-refractivity contribution in [2.75, 3.05) is 98.5 Å². The highest BCUT2D eigenvalue weighted by Gasteiger charge is 2.20. The number of benzene rings is 7. The van der Waals surface area contributed by atoms with Crippen molar-refractivity contribution in [1.82, 2.24) is 28.4 Å². The topological polar surface area (TPSA) is 52.2 Å². The molecular weight excluding hydrogens is 853 g/mol. The van der Waals surface area contributed by atoms with E-state index in [-0.39, 0.29) is 0 Å². The summed E-state index contributed by atoms with van der Waals surface area (Å²) in [6, 6.07) is 55.7. The number of aromatic nitrogens is 3. The van der Waals surface area contributed by atoms with Crippen LogP contribution < -0.4 is 0 Å². The summed E-state index contributed by atoms with van der Waals surface area (Å²) in [4.78, 5) is 7.60. The zero-order valence-electron chi connectivity index (χ0n) is 39.5. The Labute approximate surface area is 403 Å². The van der Waals surface area contributed by atoms with Crippen LogP contribution in [0.1, 0.15) is 0 Å². The lowest BCUT2D eigenvalue weighted by Gasteiger charge is -2.26. The van der Waals surface area contributed by atoms with Crippen molar-refractivity contribution in [2.24, 2.45) is 0 Å². The van der Waals surface area contributed by atoms with Crippen LogP contribution in [0.2, 0.25) is 0 Å². The van der Waals surface area contributed by atoms with Crippen LogP contribution in [-0.2, 0) is 33.8 Å². The van der Waals surface area contributed by atoms with E-state index in [1.807, 2.05) is 0 Å². The molecule has 0 saturated carbocycles. The fraction of sp³-hybridized carbons (Fsp3) is 0.300. The molecule has 9 heteroatoms. The Bertz CT molecular complexity index is 3110. The molecule has 9 nitrogen and oxygen atoms in total. The number of nitrogens with zero attached hydrogens (tertiary/aromatic N) is 6. The summed E-state index contributed by atoms with van der Waals surface area (Å²) in [6.07, 6.45) is 0. The van der Waals surface area contributed by atoms with Crippen molar-refractivity contribution in [2.45, 2.75) is 19.6 Å². The molecule has 3 aromatic heterocycles. The second-order valence-corrected chi connectivity index (χ2v) is 19.4. The van der Waals surface area contributed by atoms with Crippen molar-refractivity contribution in [3.8, 4) is 33.4 Å². The third kappa shape index (κ3) is 8.11. The van der Waals surface area contributed by atoms with Gasteiger partial charge in [-0.3, -0.25) is 14.7 Å². The Hall–Kier alpha value is -6.30. The van der Waals surface area contributed by atoms with E-state index in [4.69, 9.17) is 14.2 Å². The lowest BCUT2D eigenvalue weighted by atomic mass is 9.92. The third-order valence-corrected chi connectivity index (χ3v) is 15.5. The number of ether oxygens (including phenoxy) is 3. The Balaban J connectivity index is 0.935. The minimum atomic E-state index is 0.816. The summed E-state index contributed by atoms with van der Waals surface area (Å²) in [7, 11) is 0. The van der Waals surface area contributed by atoms with Gasteiger partial charge in [-0.2, -0.15) is 0 Å². The van der Waals surface area contributed by atoms with Gasteiger partial charge in [0.05, 0.1) is 39.6 Å². The average Bonchev–Trinajstić information content (AvgIpc) is 4.04. The monoisotopic (exact) mass is 912 g/mol. The van der Waals surface area contributed by atoms with Crippen molar-refractivity contribution < 1.29 is 14.2 Å². The maximum atomic E-state index is 5.68. The number of fused-ring (bicyclic) bond motifs is 9. The highest BCUT2D eigenvalue weighted by molar-refractivity contribution is 6.12. The van der Waals surface area contributed by atoms with Crippen LogP contribution >= 0.6 is 0 Å². The van der Waals surface area contributed by atoms with Gasteiger partial charge in [-0.15, -0.1) is 0 Å². The third-order valence-electron chi connectivity index (χ3n) is 15.5. The molecule has 0 bridgehead atoms. The first-order valence-electron chi connectivity index (χ1n) is 25.3. The normalized spacial score (nSPS) is 16.9. The SMILES string of the molecule is c1ccc2c(c1)c1cc(-c3cc(-c4ccc5c(c4)c4ccccc4n5CCN4CCOCC4)cc(-c4ccc5c(c4)c4ccccc4n5CCN4CCOCC4)c3)ccc1n2CCN1CCOCC1. The Morgan fingerprint density at radius 2 is 0.536 bits per heavy atom. The van der Waals surface area contributed by atoms with Gasteiger partial charge in [0.25, 0.3) is 0 Å². The van der Waals surface area contributed by atoms with E-state index in [0.717, 1.165) is 118 Å². The fourth-order valence-electron chi connectivity index (χ4n) is 11.7. The highest BCUT2D eigenvalue weighted by atomic mass is 16.5. The molecule has 10 aromatic rings. The summed E-state index contributed by atoms with van der Waals surface area (Å²) in [5, 5.41) is 7.81. The number of hydrogen-bond donors (Lipinski definition) is 0. The minimum absolute atomic E-state index is 0.816. The summed E-state index contributed by atoms with van der Waals surface area (Å²) in [6.45, 7) is 16.7. The van der Waals surface area contributed by atoms with E-state index in [2.05, 4.69) is 174 Å². The molecule has 0 amide bonds. The molecule has 3 fully saturated rings.